The fourth-order valence-electron chi connectivity index (χ4n) is 4.11. The van der Waals surface area contributed by atoms with E-state index in [-0.39, 0.29) is 41.7 Å². The van der Waals surface area contributed by atoms with Crippen LogP contribution in [0, 0.1) is 0 Å². The fourth-order valence-corrected chi connectivity index (χ4v) is 6.48. The van der Waals surface area contributed by atoms with Gasteiger partial charge in [-0.1, -0.05) is 36.4 Å². The number of carbonyl (C=O) groups excluding carboxylic acids is 3. The topological polar surface area (TPSA) is 134 Å². The number of esters is 1. The molecule has 0 saturated carbocycles. The Morgan fingerprint density at radius 3 is 2.45 bits per heavy atom. The summed E-state index contributed by atoms with van der Waals surface area (Å²) in [5, 5.41) is 10.4. The van der Waals surface area contributed by atoms with E-state index in [1.807, 2.05) is 0 Å². The van der Waals surface area contributed by atoms with Crippen LogP contribution >= 0.6 is 0 Å². The standard InChI is InChI=1S/C22H20N2O7S.Na/c1-22(12-17(25)31-13-14-7-3-2-4-8-14)18(21(27)28)24-19(26)16(20(24)32(22,29)30)11-15-9-5-6-10-23-15;/h2-11,18,20H,12-13H2,1H3,(H,27,28);/q;+1/p-1/b16-11-;/t18-,20+,22-;/m0./s1. The molecular formula is C22H19N2NaO7S. The Labute approximate surface area is 212 Å². The van der Waals surface area contributed by atoms with Gasteiger partial charge in [-0.2, -0.15) is 0 Å². The summed E-state index contributed by atoms with van der Waals surface area (Å²) in [4.78, 5) is 41.9. The maximum Gasteiger partial charge on any atom is 1.00 e. The Kier molecular flexibility index (Phi) is 7.13. The van der Waals surface area contributed by atoms with Crippen LogP contribution in [0.1, 0.15) is 24.6 Å². The van der Waals surface area contributed by atoms with Gasteiger partial charge in [0.15, 0.2) is 15.2 Å². The average Bonchev–Trinajstić information content (AvgIpc) is 2.92. The van der Waals surface area contributed by atoms with Gasteiger partial charge in [0.1, 0.15) is 11.4 Å². The summed E-state index contributed by atoms with van der Waals surface area (Å²) < 4.78 is 29.8. The van der Waals surface area contributed by atoms with Crippen LogP contribution in [0.4, 0.5) is 0 Å². The molecule has 0 aliphatic carbocycles. The molecule has 1 aromatic heterocycles. The molecule has 4 rings (SSSR count). The number of aliphatic carboxylic acids is 1. The molecule has 1 aromatic carbocycles. The number of hydrogen-bond acceptors (Lipinski definition) is 8. The first-order chi connectivity index (χ1) is 15.2. The second-order valence-corrected chi connectivity index (χ2v) is 10.3. The van der Waals surface area contributed by atoms with Crippen molar-refractivity contribution in [1.82, 2.24) is 9.88 Å². The van der Waals surface area contributed by atoms with Gasteiger partial charge < -0.3 is 19.5 Å². The van der Waals surface area contributed by atoms with E-state index in [2.05, 4.69) is 4.98 Å². The van der Waals surface area contributed by atoms with Crippen molar-refractivity contribution in [3.63, 3.8) is 0 Å². The van der Waals surface area contributed by atoms with E-state index in [4.69, 9.17) is 4.74 Å². The van der Waals surface area contributed by atoms with E-state index in [9.17, 15) is 27.9 Å². The number of benzene rings is 1. The minimum Gasteiger partial charge on any atom is -0.548 e. The molecule has 2 aromatic rings. The number of ether oxygens (including phenoxy) is 1. The molecule has 33 heavy (non-hydrogen) atoms. The number of pyridine rings is 1. The molecule has 9 nitrogen and oxygen atoms in total. The molecule has 0 bridgehead atoms. The Morgan fingerprint density at radius 1 is 1.18 bits per heavy atom. The first-order valence-electron chi connectivity index (χ1n) is 9.76. The number of amides is 1. The first kappa shape index (κ1) is 25.1. The number of carboxylic acids is 1. The van der Waals surface area contributed by atoms with E-state index in [0.29, 0.717) is 11.3 Å². The molecule has 2 aliphatic heterocycles. The van der Waals surface area contributed by atoms with Crippen LogP contribution in [0.5, 0.6) is 0 Å². The maximum absolute atomic E-state index is 13.4. The van der Waals surface area contributed by atoms with Gasteiger partial charge in [-0.3, -0.25) is 14.6 Å². The third kappa shape index (κ3) is 4.23. The predicted molar refractivity (Wildman–Crippen MR) is 110 cm³/mol. The quantitative estimate of drug-likeness (QED) is 0.187. The Morgan fingerprint density at radius 2 is 1.85 bits per heavy atom. The van der Waals surface area contributed by atoms with Crippen LogP contribution < -0.4 is 34.7 Å². The van der Waals surface area contributed by atoms with Crippen LogP contribution in [-0.4, -0.2) is 52.3 Å². The van der Waals surface area contributed by atoms with E-state index in [1.54, 1.807) is 48.5 Å². The first-order valence-corrected chi connectivity index (χ1v) is 11.3. The number of rotatable bonds is 6. The minimum atomic E-state index is -4.31. The van der Waals surface area contributed by atoms with Gasteiger partial charge in [-0.25, -0.2) is 8.42 Å². The van der Waals surface area contributed by atoms with E-state index in [0.717, 1.165) is 11.8 Å². The molecule has 11 heteroatoms. The van der Waals surface area contributed by atoms with E-state index in [1.165, 1.54) is 12.3 Å². The molecule has 166 valence electrons. The van der Waals surface area contributed by atoms with Gasteiger partial charge in [-0.15, -0.1) is 0 Å². The van der Waals surface area contributed by atoms with Gasteiger partial charge in [0.2, 0.25) is 0 Å². The average molecular weight is 478 g/mol. The molecule has 2 aliphatic rings. The second kappa shape index (κ2) is 9.38. The Hall–Kier alpha value is -2.53. The third-order valence-corrected chi connectivity index (χ3v) is 8.49. The number of hydrogen-bond donors (Lipinski definition) is 0. The number of carboxylic acid groups (broad SMARTS) is 1. The minimum absolute atomic E-state index is 0. The molecule has 0 unspecified atom stereocenters. The summed E-state index contributed by atoms with van der Waals surface area (Å²) in [6.07, 6.45) is 2.05. The number of fused-ring (bicyclic) bond motifs is 1. The van der Waals surface area contributed by atoms with Gasteiger partial charge in [0.05, 0.1) is 29.7 Å². The molecule has 2 fully saturated rings. The number of nitrogens with zero attached hydrogens (tertiary/aromatic N) is 2. The summed E-state index contributed by atoms with van der Waals surface area (Å²) in [5.74, 6) is -3.39. The third-order valence-electron chi connectivity index (χ3n) is 5.75. The van der Waals surface area contributed by atoms with Crippen molar-refractivity contribution in [2.24, 2.45) is 0 Å². The predicted octanol–water partition coefficient (Wildman–Crippen LogP) is -2.92. The van der Waals surface area contributed by atoms with E-state index >= 15 is 0 Å². The van der Waals surface area contributed by atoms with Crippen molar-refractivity contribution in [2.75, 3.05) is 0 Å². The van der Waals surface area contributed by atoms with Crippen molar-refractivity contribution in [2.45, 2.75) is 36.1 Å². The van der Waals surface area contributed by atoms with E-state index < -0.39 is 50.3 Å². The Bertz CT molecular complexity index is 1220. The van der Waals surface area contributed by atoms with Gasteiger partial charge in [0, 0.05) is 6.20 Å². The van der Waals surface area contributed by atoms with Gasteiger partial charge in [0.25, 0.3) is 5.91 Å². The van der Waals surface area contributed by atoms with Gasteiger partial charge >= 0.3 is 35.5 Å². The zero-order chi connectivity index (χ0) is 23.1. The summed E-state index contributed by atoms with van der Waals surface area (Å²) in [7, 11) is -4.31. The molecule has 3 heterocycles. The summed E-state index contributed by atoms with van der Waals surface area (Å²) in [5.41, 5.74) is 0.944. The molecule has 0 spiro atoms. The maximum atomic E-state index is 13.4. The molecule has 0 N–H and O–H groups in total. The van der Waals surface area contributed by atoms with Crippen molar-refractivity contribution >= 4 is 33.8 Å². The number of carbonyl (C=O) groups is 3. The second-order valence-electron chi connectivity index (χ2n) is 7.82. The molecular weight excluding hydrogens is 459 g/mol. The van der Waals surface area contributed by atoms with Crippen molar-refractivity contribution < 1.29 is 62.2 Å². The van der Waals surface area contributed by atoms with Crippen LogP contribution in [0.3, 0.4) is 0 Å². The zero-order valence-electron chi connectivity index (χ0n) is 18.0. The monoisotopic (exact) mass is 478 g/mol. The van der Waals surface area contributed by atoms with Crippen molar-refractivity contribution in [3.05, 3.63) is 71.6 Å². The van der Waals surface area contributed by atoms with Crippen LogP contribution in [0.15, 0.2) is 60.3 Å². The molecule has 0 radical (unpaired) electrons. The smallest absolute Gasteiger partial charge is 0.548 e. The fraction of sp³-hybridized carbons (Fsp3) is 0.273. The largest absolute Gasteiger partial charge is 1.00 e. The number of β-lactam (4-membered cyclic amide) rings is 1. The normalized spacial score (nSPS) is 26.2. The Balaban J connectivity index is 0.00000306. The van der Waals surface area contributed by atoms with Crippen LogP contribution in [0.25, 0.3) is 6.08 Å². The van der Waals surface area contributed by atoms with Gasteiger partial charge in [-0.05, 0) is 30.7 Å². The van der Waals surface area contributed by atoms with Crippen LogP contribution in [-0.2, 0) is 35.6 Å². The molecule has 2 saturated heterocycles. The van der Waals surface area contributed by atoms with Crippen molar-refractivity contribution in [1.29, 1.82) is 0 Å². The van der Waals surface area contributed by atoms with Crippen LogP contribution in [0.2, 0.25) is 0 Å². The summed E-state index contributed by atoms with van der Waals surface area (Å²) in [6, 6.07) is 11.8. The summed E-state index contributed by atoms with van der Waals surface area (Å²) in [6.45, 7) is 1.04. The summed E-state index contributed by atoms with van der Waals surface area (Å²) >= 11 is 0. The van der Waals surface area contributed by atoms with Crippen molar-refractivity contribution in [3.8, 4) is 0 Å². The number of sulfone groups is 1. The molecule has 3 atom stereocenters. The molecule has 1 amide bonds. The number of aromatic nitrogens is 1. The zero-order valence-corrected chi connectivity index (χ0v) is 20.8. The SMILES string of the molecule is C[C@]1(CC(=O)OCc2ccccc2)[C@H](C(=O)[O-])N2C(=O)/C(=C/c3ccccn3)[C@H]2S1(=O)=O.[Na+].